The first-order chi connectivity index (χ1) is 7.57. The van der Waals surface area contributed by atoms with E-state index in [-0.39, 0.29) is 18.4 Å². The highest BCUT2D eigenvalue weighted by molar-refractivity contribution is 5.87. The van der Waals surface area contributed by atoms with Gasteiger partial charge in [0.05, 0.1) is 0 Å². The Morgan fingerprint density at radius 2 is 1.75 bits per heavy atom. The molecule has 0 spiro atoms. The number of allylic oxidation sites excluding steroid dienone is 1. The van der Waals surface area contributed by atoms with Crippen molar-refractivity contribution in [3.05, 3.63) is 11.6 Å². The van der Waals surface area contributed by atoms with Gasteiger partial charge in [-0.3, -0.25) is 4.79 Å². The van der Waals surface area contributed by atoms with Crippen LogP contribution in [0.2, 0.25) is 0 Å². The molecule has 92 valence electrons. The van der Waals surface area contributed by atoms with Crippen molar-refractivity contribution >= 4 is 11.9 Å². The van der Waals surface area contributed by atoms with E-state index in [0.29, 0.717) is 0 Å². The number of rotatable bonds is 9. The van der Waals surface area contributed by atoms with E-state index in [1.54, 1.807) is 6.08 Å². The molecule has 0 aliphatic rings. The van der Waals surface area contributed by atoms with Crippen molar-refractivity contribution in [2.24, 2.45) is 0 Å². The molecule has 0 atom stereocenters. The van der Waals surface area contributed by atoms with Gasteiger partial charge >= 0.3 is 11.9 Å². The molecule has 0 aromatic heterocycles. The Hall–Kier alpha value is -1.32. The second kappa shape index (κ2) is 8.95. The summed E-state index contributed by atoms with van der Waals surface area (Å²) in [6, 6.07) is 0. The molecule has 0 amide bonds. The van der Waals surface area contributed by atoms with Crippen LogP contribution >= 0.6 is 0 Å². The van der Waals surface area contributed by atoms with E-state index < -0.39 is 11.9 Å². The van der Waals surface area contributed by atoms with Crippen molar-refractivity contribution < 1.29 is 19.8 Å². The predicted octanol–water partition coefficient (Wildman–Crippen LogP) is 2.83. The van der Waals surface area contributed by atoms with Gasteiger partial charge in [0.2, 0.25) is 0 Å². The number of hydrogen-bond donors (Lipinski definition) is 2. The molecule has 0 saturated heterocycles. The smallest absolute Gasteiger partial charge is 0.331 e. The Morgan fingerprint density at radius 1 is 1.06 bits per heavy atom. The third-order valence-electron chi connectivity index (χ3n) is 2.33. The number of hydrogen-bond acceptors (Lipinski definition) is 2. The molecule has 4 nitrogen and oxygen atoms in total. The first-order valence-corrected chi connectivity index (χ1v) is 5.72. The standard InChI is InChI=1S/C12H20O4/c1-2-3-4-5-6-7-10(12(15)16)8-9-11(13)14/h7H,2-6,8-9H2,1H3,(H,13,14)(H,15,16). The molecule has 16 heavy (non-hydrogen) atoms. The monoisotopic (exact) mass is 228 g/mol. The minimum atomic E-state index is -1.00. The van der Waals surface area contributed by atoms with E-state index in [1.807, 2.05) is 0 Å². The van der Waals surface area contributed by atoms with Crippen LogP contribution in [0.5, 0.6) is 0 Å². The Labute approximate surface area is 96.0 Å². The lowest BCUT2D eigenvalue weighted by atomic mass is 10.1. The molecule has 0 aromatic carbocycles. The van der Waals surface area contributed by atoms with E-state index in [4.69, 9.17) is 10.2 Å². The van der Waals surface area contributed by atoms with Crippen LogP contribution < -0.4 is 0 Å². The fourth-order valence-electron chi connectivity index (χ4n) is 1.39. The van der Waals surface area contributed by atoms with Crippen molar-refractivity contribution in [2.75, 3.05) is 0 Å². The van der Waals surface area contributed by atoms with Gasteiger partial charge in [0.1, 0.15) is 0 Å². The lowest BCUT2D eigenvalue weighted by Crippen LogP contribution is -2.04. The van der Waals surface area contributed by atoms with Gasteiger partial charge in [-0.1, -0.05) is 32.3 Å². The van der Waals surface area contributed by atoms with Gasteiger partial charge < -0.3 is 10.2 Å². The highest BCUT2D eigenvalue weighted by atomic mass is 16.4. The van der Waals surface area contributed by atoms with Gasteiger partial charge in [0, 0.05) is 12.0 Å². The zero-order valence-corrected chi connectivity index (χ0v) is 9.74. The molecule has 0 unspecified atom stereocenters. The topological polar surface area (TPSA) is 74.6 Å². The van der Waals surface area contributed by atoms with Crippen LogP contribution in [0, 0.1) is 0 Å². The molecule has 0 radical (unpaired) electrons. The minimum Gasteiger partial charge on any atom is -0.481 e. The van der Waals surface area contributed by atoms with Gasteiger partial charge in [-0.2, -0.15) is 0 Å². The highest BCUT2D eigenvalue weighted by Crippen LogP contribution is 2.10. The normalized spacial score (nSPS) is 11.4. The minimum absolute atomic E-state index is 0.110. The summed E-state index contributed by atoms with van der Waals surface area (Å²) in [7, 11) is 0. The van der Waals surface area contributed by atoms with Crippen molar-refractivity contribution in [1.82, 2.24) is 0 Å². The van der Waals surface area contributed by atoms with Crippen LogP contribution in [0.15, 0.2) is 11.6 Å². The lowest BCUT2D eigenvalue weighted by Gasteiger charge is -2.00. The van der Waals surface area contributed by atoms with Crippen LogP contribution in [-0.4, -0.2) is 22.2 Å². The molecule has 0 bridgehead atoms. The largest absolute Gasteiger partial charge is 0.481 e. The summed E-state index contributed by atoms with van der Waals surface area (Å²) in [6.45, 7) is 2.12. The summed E-state index contributed by atoms with van der Waals surface area (Å²) < 4.78 is 0. The first-order valence-electron chi connectivity index (χ1n) is 5.72. The summed E-state index contributed by atoms with van der Waals surface area (Å²) in [5.74, 6) is -1.96. The van der Waals surface area contributed by atoms with Gasteiger partial charge in [-0.05, 0) is 19.3 Å². The Bertz CT molecular complexity index is 256. The van der Waals surface area contributed by atoms with Crippen LogP contribution in [0.1, 0.15) is 51.9 Å². The van der Waals surface area contributed by atoms with Gasteiger partial charge in [-0.15, -0.1) is 0 Å². The quantitative estimate of drug-likeness (QED) is 0.470. The summed E-state index contributed by atoms with van der Waals surface area (Å²) in [5, 5.41) is 17.3. The third-order valence-corrected chi connectivity index (χ3v) is 2.33. The summed E-state index contributed by atoms with van der Waals surface area (Å²) >= 11 is 0. The van der Waals surface area contributed by atoms with E-state index in [1.165, 1.54) is 0 Å². The van der Waals surface area contributed by atoms with Gasteiger partial charge in [0.15, 0.2) is 0 Å². The van der Waals surface area contributed by atoms with Crippen LogP contribution in [-0.2, 0) is 9.59 Å². The van der Waals surface area contributed by atoms with E-state index in [0.717, 1.165) is 32.1 Å². The van der Waals surface area contributed by atoms with Crippen molar-refractivity contribution in [2.45, 2.75) is 51.9 Å². The number of carboxylic acids is 2. The molecule has 4 heteroatoms. The molecule has 0 saturated carbocycles. The molecule has 2 N–H and O–H groups in total. The highest BCUT2D eigenvalue weighted by Gasteiger charge is 2.08. The Balaban J connectivity index is 3.95. The van der Waals surface area contributed by atoms with Gasteiger partial charge in [-0.25, -0.2) is 4.79 Å². The first kappa shape index (κ1) is 14.7. The van der Waals surface area contributed by atoms with E-state index in [9.17, 15) is 9.59 Å². The SMILES string of the molecule is CCCCCCC=C(CCC(=O)O)C(=O)O. The second-order valence-corrected chi connectivity index (χ2v) is 3.78. The second-order valence-electron chi connectivity index (χ2n) is 3.78. The molecule has 0 fully saturated rings. The average molecular weight is 228 g/mol. The third kappa shape index (κ3) is 8.03. The maximum absolute atomic E-state index is 10.8. The number of carbonyl (C=O) groups is 2. The summed E-state index contributed by atoms with van der Waals surface area (Å²) in [4.78, 5) is 21.1. The van der Waals surface area contributed by atoms with Crippen molar-refractivity contribution in [3.8, 4) is 0 Å². The Kier molecular flexibility index (Phi) is 8.21. The van der Waals surface area contributed by atoms with E-state index in [2.05, 4.69) is 6.92 Å². The van der Waals surface area contributed by atoms with Crippen LogP contribution in [0.3, 0.4) is 0 Å². The summed E-state index contributed by atoms with van der Waals surface area (Å²) in [5.41, 5.74) is 0.221. The zero-order chi connectivity index (χ0) is 12.4. The van der Waals surface area contributed by atoms with Gasteiger partial charge in [0.25, 0.3) is 0 Å². The fourth-order valence-corrected chi connectivity index (χ4v) is 1.39. The molecular formula is C12H20O4. The van der Waals surface area contributed by atoms with E-state index >= 15 is 0 Å². The van der Waals surface area contributed by atoms with Crippen LogP contribution in [0.4, 0.5) is 0 Å². The summed E-state index contributed by atoms with van der Waals surface area (Å²) in [6.07, 6.45) is 6.74. The van der Waals surface area contributed by atoms with Crippen molar-refractivity contribution in [3.63, 3.8) is 0 Å². The Morgan fingerprint density at radius 3 is 2.25 bits per heavy atom. The molecule has 0 aromatic rings. The van der Waals surface area contributed by atoms with Crippen molar-refractivity contribution in [1.29, 1.82) is 0 Å². The molecular weight excluding hydrogens is 208 g/mol. The number of aliphatic carboxylic acids is 2. The fraction of sp³-hybridized carbons (Fsp3) is 0.667. The number of carboxylic acid groups (broad SMARTS) is 2. The maximum atomic E-state index is 10.8. The predicted molar refractivity (Wildman–Crippen MR) is 61.3 cm³/mol. The molecule has 0 heterocycles. The molecule has 0 rings (SSSR count). The average Bonchev–Trinajstić information content (AvgIpc) is 2.21. The molecule has 0 aliphatic heterocycles. The maximum Gasteiger partial charge on any atom is 0.331 e. The molecule has 0 aliphatic carbocycles. The number of unbranched alkanes of at least 4 members (excludes halogenated alkanes) is 4. The zero-order valence-electron chi connectivity index (χ0n) is 9.74. The lowest BCUT2D eigenvalue weighted by molar-refractivity contribution is -0.137. The van der Waals surface area contributed by atoms with Crippen LogP contribution in [0.25, 0.3) is 0 Å².